The quantitative estimate of drug-likeness (QED) is 0.810. The first-order chi connectivity index (χ1) is 8.15. The number of hydrogen-bond donors (Lipinski definition) is 2. The van der Waals surface area contributed by atoms with Crippen molar-refractivity contribution in [3.63, 3.8) is 0 Å². The van der Waals surface area contributed by atoms with Gasteiger partial charge in [0.2, 0.25) is 0 Å². The lowest BCUT2D eigenvalue weighted by molar-refractivity contribution is 0.587. The third kappa shape index (κ3) is 2.21. The molecule has 0 bridgehead atoms. The number of hydrogen-bond acceptors (Lipinski definition) is 4. The van der Waals surface area contributed by atoms with Crippen molar-refractivity contribution in [1.82, 2.24) is 19.6 Å². The highest BCUT2D eigenvalue weighted by Gasteiger charge is 2.14. The summed E-state index contributed by atoms with van der Waals surface area (Å²) in [7, 11) is 0. The van der Waals surface area contributed by atoms with Gasteiger partial charge in [-0.25, -0.2) is 4.98 Å². The molecule has 2 heterocycles. The van der Waals surface area contributed by atoms with Crippen LogP contribution in [0.4, 0.5) is 0 Å². The van der Waals surface area contributed by atoms with Crippen molar-refractivity contribution in [1.29, 1.82) is 0 Å². The molecular formula is C11H17N5O. The summed E-state index contributed by atoms with van der Waals surface area (Å²) in [5, 5.41) is 2.98. The van der Waals surface area contributed by atoms with E-state index >= 15 is 0 Å². The number of rotatable bonds is 4. The molecule has 0 aliphatic rings. The first-order valence-electron chi connectivity index (χ1n) is 5.82. The summed E-state index contributed by atoms with van der Waals surface area (Å²) in [5.74, 6) is 1.31. The average Bonchev–Trinajstić information content (AvgIpc) is 2.69. The minimum atomic E-state index is -0.140. The Balaban J connectivity index is 2.50. The molecule has 0 aliphatic heterocycles. The summed E-state index contributed by atoms with van der Waals surface area (Å²) < 4.78 is 1.36. The van der Waals surface area contributed by atoms with Crippen LogP contribution >= 0.6 is 0 Å². The third-order valence-electron chi connectivity index (χ3n) is 2.78. The van der Waals surface area contributed by atoms with Gasteiger partial charge in [0, 0.05) is 24.2 Å². The molecule has 0 spiro atoms. The van der Waals surface area contributed by atoms with Crippen LogP contribution in [0.3, 0.4) is 0 Å². The predicted molar refractivity (Wildman–Crippen MR) is 65.0 cm³/mol. The summed E-state index contributed by atoms with van der Waals surface area (Å²) in [4.78, 5) is 20.3. The molecule has 17 heavy (non-hydrogen) atoms. The predicted octanol–water partition coefficient (Wildman–Crippen LogP) is 0.568. The van der Waals surface area contributed by atoms with E-state index in [1.54, 1.807) is 6.92 Å². The lowest BCUT2D eigenvalue weighted by Gasteiger charge is -2.08. The molecule has 1 unspecified atom stereocenters. The highest BCUT2D eigenvalue weighted by molar-refractivity contribution is 5.28. The molecule has 2 aromatic heterocycles. The first kappa shape index (κ1) is 11.8. The Hall–Kier alpha value is -1.69. The van der Waals surface area contributed by atoms with Crippen LogP contribution in [0.1, 0.15) is 37.2 Å². The average molecular weight is 235 g/mol. The molecular weight excluding hydrogens is 218 g/mol. The largest absolute Gasteiger partial charge is 0.330 e. The van der Waals surface area contributed by atoms with Crippen LogP contribution in [-0.2, 0) is 0 Å². The van der Waals surface area contributed by atoms with E-state index in [1.807, 2.05) is 0 Å². The molecule has 2 rings (SSSR count). The van der Waals surface area contributed by atoms with Crippen LogP contribution in [0.25, 0.3) is 5.78 Å². The number of aromatic nitrogens is 4. The summed E-state index contributed by atoms with van der Waals surface area (Å²) >= 11 is 0. The molecule has 0 aromatic carbocycles. The Bertz CT molecular complexity index is 571. The molecule has 2 aromatic rings. The van der Waals surface area contributed by atoms with Gasteiger partial charge >= 0.3 is 0 Å². The van der Waals surface area contributed by atoms with Crippen molar-refractivity contribution in [3.8, 4) is 0 Å². The smallest absolute Gasteiger partial charge is 0.274 e. The molecule has 6 nitrogen and oxygen atoms in total. The number of nitrogens with zero attached hydrogens (tertiary/aromatic N) is 3. The lowest BCUT2D eigenvalue weighted by Crippen LogP contribution is -2.16. The second kappa shape index (κ2) is 4.67. The Morgan fingerprint density at radius 3 is 2.94 bits per heavy atom. The number of fused-ring (bicyclic) bond motifs is 1. The number of nitrogens with two attached hydrogens (primary N) is 1. The van der Waals surface area contributed by atoms with Crippen molar-refractivity contribution < 1.29 is 0 Å². The molecule has 1 atom stereocenters. The standard InChI is InChI=1S/C11H17N5O/c1-3-4-8(6-12)10-14-11-13-7(2)5-9(17)16(11)15-10/h5,8H,3-4,6,12H2,1-2H3,(H,13,14,15). The number of aromatic amines is 1. The minimum Gasteiger partial charge on any atom is -0.330 e. The minimum absolute atomic E-state index is 0.140. The molecule has 0 saturated carbocycles. The Morgan fingerprint density at radius 1 is 1.53 bits per heavy atom. The summed E-state index contributed by atoms with van der Waals surface area (Å²) in [6.45, 7) is 4.39. The Morgan fingerprint density at radius 2 is 2.29 bits per heavy atom. The molecule has 3 N–H and O–H groups in total. The van der Waals surface area contributed by atoms with Crippen LogP contribution < -0.4 is 11.3 Å². The van der Waals surface area contributed by atoms with Crippen LogP contribution in [0.15, 0.2) is 10.9 Å². The maximum atomic E-state index is 11.7. The molecule has 0 saturated heterocycles. The zero-order valence-corrected chi connectivity index (χ0v) is 10.1. The fourth-order valence-corrected chi connectivity index (χ4v) is 1.91. The van der Waals surface area contributed by atoms with Gasteiger partial charge in [0.05, 0.1) is 0 Å². The van der Waals surface area contributed by atoms with E-state index in [4.69, 9.17) is 5.73 Å². The third-order valence-corrected chi connectivity index (χ3v) is 2.78. The lowest BCUT2D eigenvalue weighted by atomic mass is 10.0. The van der Waals surface area contributed by atoms with Crippen LogP contribution in [0, 0.1) is 6.92 Å². The van der Waals surface area contributed by atoms with Crippen molar-refractivity contribution in [2.75, 3.05) is 6.54 Å². The van der Waals surface area contributed by atoms with Gasteiger partial charge in [-0.2, -0.15) is 9.50 Å². The molecule has 6 heteroatoms. The van der Waals surface area contributed by atoms with Gasteiger partial charge in [-0.1, -0.05) is 13.3 Å². The van der Waals surface area contributed by atoms with E-state index in [-0.39, 0.29) is 11.5 Å². The second-order valence-electron chi connectivity index (χ2n) is 4.20. The van der Waals surface area contributed by atoms with Gasteiger partial charge in [-0.05, 0) is 13.3 Å². The normalized spacial score (nSPS) is 13.1. The zero-order chi connectivity index (χ0) is 12.4. The summed E-state index contributed by atoms with van der Waals surface area (Å²) in [6, 6.07) is 1.48. The maximum absolute atomic E-state index is 11.7. The van der Waals surface area contributed by atoms with E-state index in [1.165, 1.54) is 10.6 Å². The monoisotopic (exact) mass is 235 g/mol. The number of aryl methyl sites for hydroxylation is 1. The second-order valence-corrected chi connectivity index (χ2v) is 4.20. The highest BCUT2D eigenvalue weighted by atomic mass is 16.1. The molecule has 0 fully saturated rings. The van der Waals surface area contributed by atoms with Crippen LogP contribution in [0.5, 0.6) is 0 Å². The van der Waals surface area contributed by atoms with E-state index in [0.29, 0.717) is 18.0 Å². The van der Waals surface area contributed by atoms with Crippen LogP contribution in [0.2, 0.25) is 0 Å². The number of nitrogens with one attached hydrogen (secondary N) is 1. The molecule has 0 radical (unpaired) electrons. The van der Waals surface area contributed by atoms with Gasteiger partial charge in [-0.15, -0.1) is 0 Å². The maximum Gasteiger partial charge on any atom is 0.274 e. The fraction of sp³-hybridized carbons (Fsp3) is 0.545. The first-order valence-corrected chi connectivity index (χ1v) is 5.82. The molecule has 92 valence electrons. The van der Waals surface area contributed by atoms with Crippen LogP contribution in [-0.4, -0.2) is 26.1 Å². The SMILES string of the molecule is CCCC(CN)c1nc2nc(C)cc(=O)n2[nH]1. The Labute approximate surface area is 98.9 Å². The van der Waals surface area contributed by atoms with Crippen molar-refractivity contribution in [2.24, 2.45) is 5.73 Å². The van der Waals surface area contributed by atoms with Crippen molar-refractivity contribution in [2.45, 2.75) is 32.6 Å². The van der Waals surface area contributed by atoms with Gasteiger partial charge in [0.1, 0.15) is 5.82 Å². The molecule has 0 amide bonds. The fourth-order valence-electron chi connectivity index (χ4n) is 1.91. The van der Waals surface area contributed by atoms with E-state index in [0.717, 1.165) is 18.7 Å². The zero-order valence-electron chi connectivity index (χ0n) is 10.1. The van der Waals surface area contributed by atoms with Gasteiger partial charge < -0.3 is 5.73 Å². The van der Waals surface area contributed by atoms with Gasteiger partial charge in [0.15, 0.2) is 0 Å². The van der Waals surface area contributed by atoms with Gasteiger partial charge in [-0.3, -0.25) is 9.89 Å². The van der Waals surface area contributed by atoms with E-state index in [9.17, 15) is 4.79 Å². The molecule has 0 aliphatic carbocycles. The van der Waals surface area contributed by atoms with Crippen molar-refractivity contribution >= 4 is 5.78 Å². The van der Waals surface area contributed by atoms with Gasteiger partial charge in [0.25, 0.3) is 11.3 Å². The summed E-state index contributed by atoms with van der Waals surface area (Å²) in [6.07, 6.45) is 1.98. The number of H-pyrrole nitrogens is 1. The van der Waals surface area contributed by atoms with E-state index < -0.39 is 0 Å². The van der Waals surface area contributed by atoms with Crippen molar-refractivity contribution in [3.05, 3.63) is 27.9 Å². The highest BCUT2D eigenvalue weighted by Crippen LogP contribution is 2.16. The topological polar surface area (TPSA) is 89.1 Å². The van der Waals surface area contributed by atoms with E-state index in [2.05, 4.69) is 22.0 Å². The summed E-state index contributed by atoms with van der Waals surface area (Å²) in [5.41, 5.74) is 6.25. The Kier molecular flexibility index (Phi) is 3.23.